The van der Waals surface area contributed by atoms with E-state index in [0.717, 1.165) is 0 Å². The summed E-state index contributed by atoms with van der Waals surface area (Å²) in [6.45, 7) is 1.84. The van der Waals surface area contributed by atoms with E-state index in [0.29, 0.717) is 38.0 Å². The normalized spacial score (nSPS) is 20.6. The van der Waals surface area contributed by atoms with Gasteiger partial charge in [-0.1, -0.05) is 48.5 Å². The first-order valence-corrected chi connectivity index (χ1v) is 8.68. The SMILES string of the molecule is N[C@@H]1C[C@@H](C(=O)NCCc2ccccc2F)N(Cc2ccccc2)C1. The van der Waals surface area contributed by atoms with E-state index in [2.05, 4.69) is 22.3 Å². The summed E-state index contributed by atoms with van der Waals surface area (Å²) in [6, 6.07) is 16.5. The van der Waals surface area contributed by atoms with E-state index in [4.69, 9.17) is 5.73 Å². The summed E-state index contributed by atoms with van der Waals surface area (Å²) in [5.41, 5.74) is 7.86. The molecule has 0 bridgehead atoms. The van der Waals surface area contributed by atoms with Gasteiger partial charge in [-0.05, 0) is 30.0 Å². The van der Waals surface area contributed by atoms with Crippen molar-refractivity contribution in [3.05, 3.63) is 71.5 Å². The number of likely N-dealkylation sites (tertiary alicyclic amines) is 1. The zero-order valence-electron chi connectivity index (χ0n) is 14.2. The number of nitrogens with zero attached hydrogens (tertiary/aromatic N) is 1. The Bertz CT molecular complexity index is 707. The topological polar surface area (TPSA) is 58.4 Å². The molecule has 1 aliphatic heterocycles. The predicted molar refractivity (Wildman–Crippen MR) is 96.3 cm³/mol. The maximum Gasteiger partial charge on any atom is 0.237 e. The Morgan fingerprint density at radius 1 is 1.16 bits per heavy atom. The van der Waals surface area contributed by atoms with Crippen molar-refractivity contribution in [3.63, 3.8) is 0 Å². The summed E-state index contributed by atoms with van der Waals surface area (Å²) in [5, 5.41) is 2.93. The fraction of sp³-hybridized carbons (Fsp3) is 0.350. The van der Waals surface area contributed by atoms with Crippen LogP contribution in [-0.2, 0) is 17.8 Å². The molecule has 2 atom stereocenters. The zero-order chi connectivity index (χ0) is 17.6. The molecule has 1 amide bonds. The number of hydrogen-bond donors (Lipinski definition) is 2. The number of rotatable bonds is 6. The second-order valence-electron chi connectivity index (χ2n) is 6.56. The molecule has 132 valence electrons. The van der Waals surface area contributed by atoms with E-state index >= 15 is 0 Å². The standard InChI is InChI=1S/C20H24FN3O/c21-18-9-5-4-8-16(18)10-11-23-20(25)19-12-17(22)14-24(19)13-15-6-2-1-3-7-15/h1-9,17,19H,10-14,22H2,(H,23,25)/t17-,19+/m1/s1. The van der Waals surface area contributed by atoms with E-state index < -0.39 is 0 Å². The van der Waals surface area contributed by atoms with Crippen molar-refractivity contribution >= 4 is 5.91 Å². The first kappa shape index (κ1) is 17.6. The van der Waals surface area contributed by atoms with Crippen LogP contribution >= 0.6 is 0 Å². The fourth-order valence-corrected chi connectivity index (χ4v) is 3.34. The maximum atomic E-state index is 13.6. The quantitative estimate of drug-likeness (QED) is 0.846. The molecule has 1 saturated heterocycles. The molecule has 0 unspecified atom stereocenters. The molecule has 1 heterocycles. The highest BCUT2D eigenvalue weighted by molar-refractivity contribution is 5.82. The van der Waals surface area contributed by atoms with Crippen LogP contribution in [0.2, 0.25) is 0 Å². The third-order valence-corrected chi connectivity index (χ3v) is 4.62. The average molecular weight is 341 g/mol. The summed E-state index contributed by atoms with van der Waals surface area (Å²) >= 11 is 0. The van der Waals surface area contributed by atoms with Crippen molar-refractivity contribution in [2.45, 2.75) is 31.5 Å². The molecule has 25 heavy (non-hydrogen) atoms. The highest BCUT2D eigenvalue weighted by atomic mass is 19.1. The summed E-state index contributed by atoms with van der Waals surface area (Å²) in [6.07, 6.45) is 1.13. The van der Waals surface area contributed by atoms with Gasteiger partial charge in [0.15, 0.2) is 0 Å². The summed E-state index contributed by atoms with van der Waals surface area (Å²) < 4.78 is 13.6. The Morgan fingerprint density at radius 2 is 1.88 bits per heavy atom. The minimum absolute atomic E-state index is 0.00558. The highest BCUT2D eigenvalue weighted by Crippen LogP contribution is 2.20. The van der Waals surface area contributed by atoms with Gasteiger partial charge in [0, 0.05) is 25.7 Å². The van der Waals surface area contributed by atoms with Crippen molar-refractivity contribution < 1.29 is 9.18 Å². The first-order valence-electron chi connectivity index (χ1n) is 8.68. The van der Waals surface area contributed by atoms with Crippen molar-refractivity contribution in [3.8, 4) is 0 Å². The van der Waals surface area contributed by atoms with Gasteiger partial charge in [0.05, 0.1) is 6.04 Å². The smallest absolute Gasteiger partial charge is 0.237 e. The summed E-state index contributed by atoms with van der Waals surface area (Å²) in [7, 11) is 0. The van der Waals surface area contributed by atoms with Crippen LogP contribution in [0.15, 0.2) is 54.6 Å². The minimum Gasteiger partial charge on any atom is -0.354 e. The van der Waals surface area contributed by atoms with Crippen LogP contribution in [0.4, 0.5) is 4.39 Å². The maximum absolute atomic E-state index is 13.6. The van der Waals surface area contributed by atoms with Crippen molar-refractivity contribution in [2.75, 3.05) is 13.1 Å². The molecule has 1 fully saturated rings. The van der Waals surface area contributed by atoms with Gasteiger partial charge in [-0.25, -0.2) is 4.39 Å². The molecule has 0 spiro atoms. The molecule has 0 saturated carbocycles. The number of carbonyl (C=O) groups is 1. The molecule has 3 N–H and O–H groups in total. The van der Waals surface area contributed by atoms with Crippen LogP contribution < -0.4 is 11.1 Å². The molecule has 2 aromatic rings. The molecule has 2 aromatic carbocycles. The Morgan fingerprint density at radius 3 is 2.64 bits per heavy atom. The van der Waals surface area contributed by atoms with Crippen LogP contribution in [0.25, 0.3) is 0 Å². The van der Waals surface area contributed by atoms with Gasteiger partial charge in [0.25, 0.3) is 0 Å². The number of hydrogen-bond acceptors (Lipinski definition) is 3. The Labute approximate surface area is 147 Å². The van der Waals surface area contributed by atoms with Gasteiger partial charge in [0.1, 0.15) is 5.82 Å². The average Bonchev–Trinajstić information content (AvgIpc) is 2.98. The predicted octanol–water partition coefficient (Wildman–Crippen LogP) is 2.09. The highest BCUT2D eigenvalue weighted by Gasteiger charge is 2.34. The van der Waals surface area contributed by atoms with E-state index in [-0.39, 0.29) is 23.8 Å². The molecule has 0 aromatic heterocycles. The van der Waals surface area contributed by atoms with Gasteiger partial charge in [-0.2, -0.15) is 0 Å². The number of carbonyl (C=O) groups excluding carboxylic acids is 1. The lowest BCUT2D eigenvalue weighted by Crippen LogP contribution is -2.43. The van der Waals surface area contributed by atoms with Gasteiger partial charge >= 0.3 is 0 Å². The van der Waals surface area contributed by atoms with Crippen LogP contribution in [-0.4, -0.2) is 36.0 Å². The number of nitrogens with two attached hydrogens (primary N) is 1. The van der Waals surface area contributed by atoms with Gasteiger partial charge in [-0.3, -0.25) is 9.69 Å². The third kappa shape index (κ3) is 4.65. The molecular weight excluding hydrogens is 317 g/mol. The molecular formula is C20H24FN3O. The summed E-state index contributed by atoms with van der Waals surface area (Å²) in [5.74, 6) is -0.259. The van der Waals surface area contributed by atoms with E-state index in [1.54, 1.807) is 18.2 Å². The minimum atomic E-state index is -0.231. The second kappa shape index (κ2) is 8.23. The molecule has 3 rings (SSSR count). The summed E-state index contributed by atoms with van der Waals surface area (Å²) in [4.78, 5) is 14.7. The van der Waals surface area contributed by atoms with Gasteiger partial charge in [-0.15, -0.1) is 0 Å². The number of halogens is 1. The molecule has 5 heteroatoms. The Hall–Kier alpha value is -2.24. The second-order valence-corrected chi connectivity index (χ2v) is 6.56. The van der Waals surface area contributed by atoms with Crippen molar-refractivity contribution in [1.29, 1.82) is 0 Å². The molecule has 4 nitrogen and oxygen atoms in total. The van der Waals surface area contributed by atoms with E-state index in [9.17, 15) is 9.18 Å². The van der Waals surface area contributed by atoms with E-state index in [1.807, 2.05) is 18.2 Å². The number of nitrogens with one attached hydrogen (secondary N) is 1. The zero-order valence-corrected chi connectivity index (χ0v) is 14.2. The van der Waals surface area contributed by atoms with Crippen LogP contribution in [0.5, 0.6) is 0 Å². The largest absolute Gasteiger partial charge is 0.354 e. The Kier molecular flexibility index (Phi) is 5.79. The lowest BCUT2D eigenvalue weighted by molar-refractivity contribution is -0.125. The van der Waals surface area contributed by atoms with Crippen molar-refractivity contribution in [2.24, 2.45) is 5.73 Å². The molecule has 1 aliphatic rings. The lowest BCUT2D eigenvalue weighted by Gasteiger charge is -2.23. The fourth-order valence-electron chi connectivity index (χ4n) is 3.34. The van der Waals surface area contributed by atoms with Crippen LogP contribution in [0, 0.1) is 5.82 Å². The molecule has 0 radical (unpaired) electrons. The number of benzene rings is 2. The van der Waals surface area contributed by atoms with Gasteiger partial charge < -0.3 is 11.1 Å². The first-order chi connectivity index (χ1) is 12.1. The Balaban J connectivity index is 1.55. The lowest BCUT2D eigenvalue weighted by atomic mass is 10.1. The van der Waals surface area contributed by atoms with Crippen LogP contribution in [0.3, 0.4) is 0 Å². The van der Waals surface area contributed by atoms with Crippen LogP contribution in [0.1, 0.15) is 17.5 Å². The number of amides is 1. The monoisotopic (exact) mass is 341 g/mol. The van der Waals surface area contributed by atoms with Crippen molar-refractivity contribution in [1.82, 2.24) is 10.2 Å². The van der Waals surface area contributed by atoms with Gasteiger partial charge in [0.2, 0.25) is 5.91 Å². The van der Waals surface area contributed by atoms with E-state index in [1.165, 1.54) is 11.6 Å². The molecule has 0 aliphatic carbocycles. The third-order valence-electron chi connectivity index (χ3n) is 4.62.